The zero-order valence-corrected chi connectivity index (χ0v) is 23.4. The molecule has 1 fully saturated rings. The molecule has 3 rings (SSSR count). The van der Waals surface area contributed by atoms with Gasteiger partial charge in [-0.3, -0.25) is 4.90 Å². The van der Waals surface area contributed by atoms with Crippen molar-refractivity contribution in [3.63, 3.8) is 0 Å². The molecule has 0 aliphatic carbocycles. The highest BCUT2D eigenvalue weighted by Gasteiger charge is 2.25. The minimum atomic E-state index is -0.478. The molecule has 10 nitrogen and oxygen atoms in total. The van der Waals surface area contributed by atoms with Crippen LogP contribution in [0.1, 0.15) is 32.9 Å². The van der Waals surface area contributed by atoms with Gasteiger partial charge in [0.05, 0.1) is 13.4 Å². The maximum Gasteiger partial charge on any atom is 0.410 e. The summed E-state index contributed by atoms with van der Waals surface area (Å²) in [7, 11) is 1.62. The van der Waals surface area contributed by atoms with E-state index in [0.717, 1.165) is 50.5 Å². The number of amides is 1. The van der Waals surface area contributed by atoms with Crippen LogP contribution in [0, 0.1) is 6.92 Å². The van der Waals surface area contributed by atoms with Crippen LogP contribution in [0.5, 0.6) is 11.5 Å². The molecular formula is C26H40N6O4S. The highest BCUT2D eigenvalue weighted by molar-refractivity contribution is 7.80. The van der Waals surface area contributed by atoms with E-state index in [1.165, 1.54) is 0 Å². The van der Waals surface area contributed by atoms with E-state index in [1.54, 1.807) is 12.0 Å². The Kier molecular flexibility index (Phi) is 10.4. The molecule has 2 aromatic rings. The molecule has 2 heterocycles. The summed E-state index contributed by atoms with van der Waals surface area (Å²) in [5.41, 5.74) is 1.50. The zero-order chi connectivity index (χ0) is 26.8. The van der Waals surface area contributed by atoms with Crippen LogP contribution in [0.15, 0.2) is 30.7 Å². The normalized spacial score (nSPS) is 14.2. The van der Waals surface area contributed by atoms with Crippen molar-refractivity contribution in [3.05, 3.63) is 36.4 Å². The second-order valence-corrected chi connectivity index (χ2v) is 10.4. The van der Waals surface area contributed by atoms with Gasteiger partial charge in [-0.1, -0.05) is 0 Å². The lowest BCUT2D eigenvalue weighted by Gasteiger charge is -2.35. The van der Waals surface area contributed by atoms with E-state index in [4.69, 9.17) is 26.4 Å². The molecule has 2 N–H and O–H groups in total. The Morgan fingerprint density at radius 3 is 2.54 bits per heavy atom. The molecular weight excluding hydrogens is 492 g/mol. The van der Waals surface area contributed by atoms with Crippen molar-refractivity contribution in [3.8, 4) is 11.5 Å². The smallest absolute Gasteiger partial charge is 0.410 e. The van der Waals surface area contributed by atoms with Crippen molar-refractivity contribution in [2.45, 2.75) is 46.3 Å². The van der Waals surface area contributed by atoms with E-state index in [0.29, 0.717) is 36.3 Å². The number of piperazine rings is 1. The minimum absolute atomic E-state index is 0.249. The first-order valence-electron chi connectivity index (χ1n) is 12.7. The van der Waals surface area contributed by atoms with Gasteiger partial charge in [-0.25, -0.2) is 9.78 Å². The average Bonchev–Trinajstić information content (AvgIpc) is 3.26. The Hall–Kier alpha value is -3.05. The molecule has 37 heavy (non-hydrogen) atoms. The van der Waals surface area contributed by atoms with Gasteiger partial charge in [-0.15, -0.1) is 0 Å². The van der Waals surface area contributed by atoms with Crippen LogP contribution in [-0.4, -0.2) is 89.1 Å². The molecule has 0 spiro atoms. The molecule has 1 aliphatic rings. The molecule has 0 saturated carbocycles. The van der Waals surface area contributed by atoms with Gasteiger partial charge < -0.3 is 34.3 Å². The summed E-state index contributed by atoms with van der Waals surface area (Å²) < 4.78 is 19.1. The van der Waals surface area contributed by atoms with Gasteiger partial charge in [0.1, 0.15) is 12.2 Å². The summed E-state index contributed by atoms with van der Waals surface area (Å²) >= 11 is 5.43. The first kappa shape index (κ1) is 28.5. The third kappa shape index (κ3) is 9.40. The number of aromatic nitrogens is 2. The zero-order valence-electron chi connectivity index (χ0n) is 22.6. The second-order valence-electron chi connectivity index (χ2n) is 9.99. The summed E-state index contributed by atoms with van der Waals surface area (Å²) in [5.74, 6) is 1.31. The Balaban J connectivity index is 1.37. The van der Waals surface area contributed by atoms with Gasteiger partial charge in [-0.05, 0) is 58.5 Å². The Morgan fingerprint density at radius 1 is 1.14 bits per heavy atom. The summed E-state index contributed by atoms with van der Waals surface area (Å²) in [4.78, 5) is 20.4. The van der Waals surface area contributed by atoms with Crippen molar-refractivity contribution >= 4 is 29.1 Å². The number of carbonyl (C=O) groups is 1. The number of methoxy groups -OCH3 is 1. The first-order chi connectivity index (χ1) is 17.6. The van der Waals surface area contributed by atoms with E-state index >= 15 is 0 Å². The summed E-state index contributed by atoms with van der Waals surface area (Å²) in [5, 5.41) is 6.99. The van der Waals surface area contributed by atoms with E-state index < -0.39 is 5.60 Å². The van der Waals surface area contributed by atoms with Crippen LogP contribution in [0.2, 0.25) is 0 Å². The number of nitrogens with one attached hydrogen (secondary N) is 2. The monoisotopic (exact) mass is 532 g/mol. The Bertz CT molecular complexity index is 1030. The summed E-state index contributed by atoms with van der Waals surface area (Å²) in [6.45, 7) is 13.5. The number of hydrogen-bond acceptors (Lipinski definition) is 7. The van der Waals surface area contributed by atoms with E-state index in [1.807, 2.05) is 58.4 Å². The largest absolute Gasteiger partial charge is 0.493 e. The molecule has 0 radical (unpaired) electrons. The number of imidazole rings is 1. The van der Waals surface area contributed by atoms with Gasteiger partial charge in [0.25, 0.3) is 0 Å². The number of thiocarbonyl (C=S) groups is 1. The second kappa shape index (κ2) is 13.5. The topological polar surface area (TPSA) is 93.1 Å². The van der Waals surface area contributed by atoms with Gasteiger partial charge >= 0.3 is 6.09 Å². The fraction of sp³-hybridized carbons (Fsp3) is 0.577. The number of nitrogens with zero attached hydrogens (tertiary/aromatic N) is 4. The lowest BCUT2D eigenvalue weighted by molar-refractivity contribution is 0.0136. The maximum atomic E-state index is 12.2. The third-order valence-corrected chi connectivity index (χ3v) is 6.14. The van der Waals surface area contributed by atoms with Crippen LogP contribution in [0.4, 0.5) is 10.5 Å². The van der Waals surface area contributed by atoms with E-state index in [9.17, 15) is 4.79 Å². The molecule has 204 valence electrons. The van der Waals surface area contributed by atoms with Crippen molar-refractivity contribution in [1.29, 1.82) is 0 Å². The molecule has 1 saturated heterocycles. The van der Waals surface area contributed by atoms with Crippen LogP contribution < -0.4 is 20.1 Å². The molecule has 0 bridgehead atoms. The van der Waals surface area contributed by atoms with Gasteiger partial charge in [0.2, 0.25) is 0 Å². The number of aryl methyl sites for hydroxylation is 2. The Labute approximate surface area is 225 Å². The van der Waals surface area contributed by atoms with Crippen molar-refractivity contribution in [2.75, 3.05) is 58.3 Å². The fourth-order valence-electron chi connectivity index (χ4n) is 3.88. The number of anilines is 1. The first-order valence-corrected chi connectivity index (χ1v) is 13.1. The fourth-order valence-corrected chi connectivity index (χ4v) is 4.10. The van der Waals surface area contributed by atoms with Gasteiger partial charge in [0.15, 0.2) is 16.6 Å². The lowest BCUT2D eigenvalue weighted by atomic mass is 10.2. The number of carbonyl (C=O) groups excluding carboxylic acids is 1. The minimum Gasteiger partial charge on any atom is -0.493 e. The quantitative estimate of drug-likeness (QED) is 0.352. The van der Waals surface area contributed by atoms with Crippen molar-refractivity contribution < 1.29 is 19.0 Å². The third-order valence-electron chi connectivity index (χ3n) is 5.89. The van der Waals surface area contributed by atoms with Crippen molar-refractivity contribution in [2.24, 2.45) is 0 Å². The van der Waals surface area contributed by atoms with E-state index in [2.05, 4.69) is 25.1 Å². The van der Waals surface area contributed by atoms with E-state index in [-0.39, 0.29) is 6.09 Å². The maximum absolute atomic E-state index is 12.2. The number of benzene rings is 1. The summed E-state index contributed by atoms with van der Waals surface area (Å²) in [6, 6.07) is 5.67. The highest BCUT2D eigenvalue weighted by atomic mass is 32.1. The molecule has 11 heteroatoms. The molecule has 1 aliphatic heterocycles. The van der Waals surface area contributed by atoms with Gasteiger partial charge in [0, 0.05) is 69.5 Å². The highest BCUT2D eigenvalue weighted by Crippen LogP contribution is 2.30. The van der Waals surface area contributed by atoms with Crippen molar-refractivity contribution in [1.82, 2.24) is 24.7 Å². The number of rotatable bonds is 10. The van der Waals surface area contributed by atoms with Crippen LogP contribution in [-0.2, 0) is 11.3 Å². The molecule has 0 unspecified atom stereocenters. The van der Waals surface area contributed by atoms with Gasteiger partial charge in [-0.2, -0.15) is 0 Å². The predicted molar refractivity (Wildman–Crippen MR) is 149 cm³/mol. The van der Waals surface area contributed by atoms with Crippen LogP contribution >= 0.6 is 12.2 Å². The average molecular weight is 533 g/mol. The predicted octanol–water partition coefficient (Wildman–Crippen LogP) is 3.51. The standard InChI is InChI=1S/C26H40N6O4S/c1-20-18-27-19-32(20)10-6-9-28-24(37)29-21-7-8-22(23(17-21)34-5)35-16-15-30-11-13-31(14-12-30)25(33)36-26(2,3)4/h7-8,17-19H,6,9-16H2,1-5H3,(H2,28,29,37). The van der Waals surface area contributed by atoms with Crippen LogP contribution in [0.25, 0.3) is 0 Å². The lowest BCUT2D eigenvalue weighted by Crippen LogP contribution is -2.50. The summed E-state index contributed by atoms with van der Waals surface area (Å²) in [6.07, 6.45) is 4.39. The number of ether oxygens (including phenoxy) is 3. The molecule has 1 amide bonds. The van der Waals surface area contributed by atoms with Crippen LogP contribution in [0.3, 0.4) is 0 Å². The molecule has 1 aromatic carbocycles. The molecule has 1 aromatic heterocycles. The molecule has 0 atom stereocenters. The Morgan fingerprint density at radius 2 is 1.89 bits per heavy atom. The number of hydrogen-bond donors (Lipinski definition) is 2. The SMILES string of the molecule is COc1cc(NC(=S)NCCCn2cncc2C)ccc1OCCN1CCN(C(=O)OC(C)(C)C)CC1.